The molecule has 156 valence electrons. The van der Waals surface area contributed by atoms with Crippen LogP contribution in [0.3, 0.4) is 0 Å². The number of carbonyl (C=O) groups is 1. The summed E-state index contributed by atoms with van der Waals surface area (Å²) >= 11 is 0. The lowest BCUT2D eigenvalue weighted by molar-refractivity contribution is -0.00257. The van der Waals surface area contributed by atoms with Gasteiger partial charge in [0.05, 0.1) is 22.4 Å². The number of anilines is 1. The van der Waals surface area contributed by atoms with E-state index in [0.717, 1.165) is 51.6 Å². The number of pyridine rings is 1. The van der Waals surface area contributed by atoms with Crippen LogP contribution in [0.1, 0.15) is 62.7 Å². The maximum absolute atomic E-state index is 14.6. The lowest BCUT2D eigenvalue weighted by Crippen LogP contribution is -2.41. The molecule has 0 radical (unpaired) electrons. The van der Waals surface area contributed by atoms with E-state index < -0.39 is 5.60 Å². The van der Waals surface area contributed by atoms with Gasteiger partial charge in [-0.15, -0.1) is 0 Å². The van der Waals surface area contributed by atoms with Crippen LogP contribution in [0.15, 0.2) is 24.4 Å². The van der Waals surface area contributed by atoms with Gasteiger partial charge in [0.25, 0.3) is 5.91 Å². The normalized spacial score (nSPS) is 22.8. The summed E-state index contributed by atoms with van der Waals surface area (Å²) in [7, 11) is 0. The van der Waals surface area contributed by atoms with Crippen LogP contribution in [-0.2, 0) is 0 Å². The van der Waals surface area contributed by atoms with Crippen LogP contribution in [0.25, 0.3) is 10.9 Å². The zero-order valence-corrected chi connectivity index (χ0v) is 17.2. The summed E-state index contributed by atoms with van der Waals surface area (Å²) in [6, 6.07) is 5.10. The van der Waals surface area contributed by atoms with Gasteiger partial charge >= 0.3 is 0 Å². The molecule has 1 aromatic heterocycles. The smallest absolute Gasteiger partial charge is 0.253 e. The minimum Gasteiger partial charge on any atom is -0.390 e. The van der Waals surface area contributed by atoms with E-state index in [2.05, 4.69) is 15.2 Å². The number of hydrogen-bond donors (Lipinski definition) is 2. The third-order valence-corrected chi connectivity index (χ3v) is 6.52. The van der Waals surface area contributed by atoms with E-state index in [1.807, 2.05) is 13.8 Å². The van der Waals surface area contributed by atoms with Gasteiger partial charge in [0.1, 0.15) is 5.82 Å². The number of amides is 1. The molecule has 2 N–H and O–H groups in total. The van der Waals surface area contributed by atoms with Crippen molar-refractivity contribution in [2.75, 3.05) is 18.0 Å². The van der Waals surface area contributed by atoms with Crippen molar-refractivity contribution < 1.29 is 14.3 Å². The number of carbonyl (C=O) groups excluding carboxylic acids is 1. The van der Waals surface area contributed by atoms with E-state index >= 15 is 0 Å². The molecule has 2 fully saturated rings. The van der Waals surface area contributed by atoms with Gasteiger partial charge in [0, 0.05) is 30.7 Å². The van der Waals surface area contributed by atoms with Crippen LogP contribution in [0, 0.1) is 11.7 Å². The SMILES string of the molecule is CC(C)(O)C1CCC(NC(=O)c2cnc3cc(N4CCCC4)c(F)cc3c2)CC1. The molecule has 5 nitrogen and oxygen atoms in total. The molecule has 0 bridgehead atoms. The number of halogens is 1. The van der Waals surface area contributed by atoms with Crippen LogP contribution in [0.2, 0.25) is 0 Å². The topological polar surface area (TPSA) is 65.5 Å². The lowest BCUT2D eigenvalue weighted by Gasteiger charge is -2.36. The molecule has 1 saturated heterocycles. The van der Waals surface area contributed by atoms with Crippen molar-refractivity contribution in [2.24, 2.45) is 5.92 Å². The molecule has 1 amide bonds. The Labute approximate surface area is 171 Å². The Morgan fingerprint density at radius 2 is 1.86 bits per heavy atom. The number of aliphatic hydroxyl groups is 1. The van der Waals surface area contributed by atoms with E-state index in [-0.39, 0.29) is 23.7 Å². The monoisotopic (exact) mass is 399 g/mol. The molecule has 1 aromatic carbocycles. The summed E-state index contributed by atoms with van der Waals surface area (Å²) in [5, 5.41) is 13.9. The highest BCUT2D eigenvalue weighted by Gasteiger charge is 2.31. The first-order valence-corrected chi connectivity index (χ1v) is 10.7. The fraction of sp³-hybridized carbons (Fsp3) is 0.565. The lowest BCUT2D eigenvalue weighted by atomic mass is 9.77. The second-order valence-electron chi connectivity index (χ2n) is 9.09. The maximum atomic E-state index is 14.6. The zero-order chi connectivity index (χ0) is 20.6. The predicted molar refractivity (Wildman–Crippen MR) is 113 cm³/mol. The van der Waals surface area contributed by atoms with Gasteiger partial charge in [0.15, 0.2) is 0 Å². The molecule has 4 rings (SSSR count). The second kappa shape index (κ2) is 7.90. The standard InChI is InChI=1S/C23H30FN3O2/c1-23(2,29)17-5-7-18(8-6-17)26-22(28)16-11-15-12-19(24)21(13-20(15)25-14-16)27-9-3-4-10-27/h11-14,17-18,29H,3-10H2,1-2H3,(H,26,28). The number of rotatable bonds is 4. The van der Waals surface area contributed by atoms with Gasteiger partial charge in [-0.2, -0.15) is 0 Å². The van der Waals surface area contributed by atoms with Crippen LogP contribution < -0.4 is 10.2 Å². The summed E-state index contributed by atoms with van der Waals surface area (Å²) in [6.07, 6.45) is 7.25. The second-order valence-corrected chi connectivity index (χ2v) is 9.09. The maximum Gasteiger partial charge on any atom is 0.253 e. The summed E-state index contributed by atoms with van der Waals surface area (Å²) in [5.41, 5.74) is 1.09. The van der Waals surface area contributed by atoms with E-state index in [1.54, 1.807) is 18.3 Å². The Hall–Kier alpha value is -2.21. The van der Waals surface area contributed by atoms with Gasteiger partial charge < -0.3 is 15.3 Å². The number of hydrogen-bond acceptors (Lipinski definition) is 4. The van der Waals surface area contributed by atoms with Crippen LogP contribution in [-0.4, -0.2) is 40.7 Å². The Morgan fingerprint density at radius 1 is 1.17 bits per heavy atom. The molecule has 0 spiro atoms. The van der Waals surface area contributed by atoms with Gasteiger partial charge in [0.2, 0.25) is 0 Å². The largest absolute Gasteiger partial charge is 0.390 e. The van der Waals surface area contributed by atoms with Gasteiger partial charge in [-0.05, 0) is 76.5 Å². The number of aromatic nitrogens is 1. The Morgan fingerprint density at radius 3 is 2.52 bits per heavy atom. The van der Waals surface area contributed by atoms with Crippen LogP contribution >= 0.6 is 0 Å². The predicted octanol–water partition coefficient (Wildman–Crippen LogP) is 4.03. The van der Waals surface area contributed by atoms with E-state index in [4.69, 9.17) is 0 Å². The van der Waals surface area contributed by atoms with Crippen molar-refractivity contribution in [2.45, 2.75) is 64.0 Å². The highest BCUT2D eigenvalue weighted by atomic mass is 19.1. The van der Waals surface area contributed by atoms with Crippen molar-refractivity contribution >= 4 is 22.5 Å². The van der Waals surface area contributed by atoms with Crippen molar-refractivity contribution in [3.63, 3.8) is 0 Å². The number of nitrogens with zero attached hydrogens (tertiary/aromatic N) is 2. The molecule has 2 heterocycles. The first kappa shape index (κ1) is 20.1. The molecular formula is C23H30FN3O2. The molecule has 0 atom stereocenters. The van der Waals surface area contributed by atoms with Crippen LogP contribution in [0.5, 0.6) is 0 Å². The third kappa shape index (κ3) is 4.37. The van der Waals surface area contributed by atoms with E-state index in [1.165, 1.54) is 6.07 Å². The average Bonchev–Trinajstić information content (AvgIpc) is 3.21. The summed E-state index contributed by atoms with van der Waals surface area (Å²) < 4.78 is 14.6. The number of nitrogens with one attached hydrogen (secondary N) is 1. The molecule has 1 aliphatic heterocycles. The quantitative estimate of drug-likeness (QED) is 0.815. The minimum atomic E-state index is -0.671. The first-order chi connectivity index (χ1) is 13.8. The highest BCUT2D eigenvalue weighted by Crippen LogP contribution is 2.33. The summed E-state index contributed by atoms with van der Waals surface area (Å²) in [5.74, 6) is -0.162. The number of benzene rings is 1. The third-order valence-electron chi connectivity index (χ3n) is 6.52. The molecule has 2 aromatic rings. The summed E-state index contributed by atoms with van der Waals surface area (Å²) in [6.45, 7) is 5.45. The Balaban J connectivity index is 1.45. The fourth-order valence-corrected chi connectivity index (χ4v) is 4.67. The van der Waals surface area contributed by atoms with Crippen molar-refractivity contribution in [1.29, 1.82) is 0 Å². The highest BCUT2D eigenvalue weighted by molar-refractivity contribution is 5.97. The van der Waals surface area contributed by atoms with Gasteiger partial charge in [-0.3, -0.25) is 9.78 Å². The van der Waals surface area contributed by atoms with Crippen molar-refractivity contribution in [3.05, 3.63) is 35.8 Å². The van der Waals surface area contributed by atoms with E-state index in [9.17, 15) is 14.3 Å². The Bertz CT molecular complexity index is 895. The molecule has 1 aliphatic carbocycles. The minimum absolute atomic E-state index is 0.103. The van der Waals surface area contributed by atoms with Crippen molar-refractivity contribution in [3.8, 4) is 0 Å². The molecule has 0 unspecified atom stereocenters. The zero-order valence-electron chi connectivity index (χ0n) is 17.2. The number of fused-ring (bicyclic) bond motifs is 1. The van der Waals surface area contributed by atoms with Gasteiger partial charge in [-0.25, -0.2) is 4.39 Å². The molecular weight excluding hydrogens is 369 g/mol. The molecule has 2 aliphatic rings. The van der Waals surface area contributed by atoms with Crippen LogP contribution in [0.4, 0.5) is 10.1 Å². The average molecular weight is 400 g/mol. The van der Waals surface area contributed by atoms with Gasteiger partial charge in [-0.1, -0.05) is 0 Å². The molecule has 6 heteroatoms. The van der Waals surface area contributed by atoms with E-state index in [0.29, 0.717) is 22.2 Å². The first-order valence-electron chi connectivity index (χ1n) is 10.7. The molecule has 29 heavy (non-hydrogen) atoms. The summed E-state index contributed by atoms with van der Waals surface area (Å²) in [4.78, 5) is 19.2. The fourth-order valence-electron chi connectivity index (χ4n) is 4.67. The Kier molecular flexibility index (Phi) is 5.47. The van der Waals surface area contributed by atoms with Crippen molar-refractivity contribution in [1.82, 2.24) is 10.3 Å². The molecule has 1 saturated carbocycles.